The van der Waals surface area contributed by atoms with Gasteiger partial charge in [0.05, 0.1) is 17.1 Å². The average molecular weight is 329 g/mol. The van der Waals surface area contributed by atoms with E-state index in [1.54, 1.807) is 12.3 Å². The monoisotopic (exact) mass is 329 g/mol. The number of carbonyl (C=O) groups is 1. The molecule has 0 unspecified atom stereocenters. The zero-order chi connectivity index (χ0) is 15.5. The second-order valence-corrected chi connectivity index (χ2v) is 6.83. The lowest BCUT2D eigenvalue weighted by molar-refractivity contribution is -0.120. The van der Waals surface area contributed by atoms with Crippen molar-refractivity contribution in [2.24, 2.45) is 0 Å². The maximum atomic E-state index is 13.4. The van der Waals surface area contributed by atoms with E-state index < -0.39 is 26.6 Å². The normalized spacial score (nSPS) is 11.3. The number of thiazole rings is 1. The third kappa shape index (κ3) is 4.06. The van der Waals surface area contributed by atoms with Gasteiger partial charge in [0.1, 0.15) is 10.7 Å². The number of amides is 1. The number of benzene rings is 1. The number of hydrogen-bond donors (Lipinski definition) is 2. The fourth-order valence-corrected chi connectivity index (χ4v) is 3.09. The minimum absolute atomic E-state index is 0.0653. The van der Waals surface area contributed by atoms with E-state index in [9.17, 15) is 17.6 Å². The van der Waals surface area contributed by atoms with E-state index in [2.05, 4.69) is 4.98 Å². The van der Waals surface area contributed by atoms with Crippen molar-refractivity contribution in [1.82, 2.24) is 15.2 Å². The van der Waals surface area contributed by atoms with Gasteiger partial charge >= 0.3 is 0 Å². The molecule has 0 radical (unpaired) electrons. The van der Waals surface area contributed by atoms with Crippen molar-refractivity contribution in [3.05, 3.63) is 46.2 Å². The minimum Gasteiger partial charge on any atom is -0.277 e. The third-order valence-electron chi connectivity index (χ3n) is 2.46. The second kappa shape index (κ2) is 6.29. The van der Waals surface area contributed by atoms with Gasteiger partial charge in [-0.1, -0.05) is 12.1 Å². The number of carbonyl (C=O) groups excluding carboxylic acids is 1. The van der Waals surface area contributed by atoms with Crippen molar-refractivity contribution >= 4 is 27.3 Å². The van der Waals surface area contributed by atoms with Gasteiger partial charge in [-0.2, -0.15) is 0 Å². The lowest BCUT2D eigenvalue weighted by Crippen LogP contribution is -2.42. The Morgan fingerprint density at radius 2 is 2.10 bits per heavy atom. The molecule has 2 aromatic rings. The molecule has 0 aliphatic carbocycles. The van der Waals surface area contributed by atoms with Crippen molar-refractivity contribution in [3.63, 3.8) is 0 Å². The smallest absolute Gasteiger partial charge is 0.260 e. The van der Waals surface area contributed by atoms with Gasteiger partial charge in [-0.05, 0) is 19.1 Å². The Morgan fingerprint density at radius 1 is 1.38 bits per heavy atom. The number of aromatic nitrogens is 1. The zero-order valence-corrected chi connectivity index (χ0v) is 12.6. The lowest BCUT2D eigenvalue weighted by Gasteiger charge is -2.08. The average Bonchev–Trinajstić information content (AvgIpc) is 2.82. The van der Waals surface area contributed by atoms with Crippen LogP contribution in [-0.4, -0.2) is 19.3 Å². The van der Waals surface area contributed by atoms with Crippen molar-refractivity contribution < 1.29 is 17.6 Å². The van der Waals surface area contributed by atoms with Crippen LogP contribution in [0.4, 0.5) is 4.39 Å². The number of hydrazine groups is 1. The van der Waals surface area contributed by atoms with Crippen LogP contribution < -0.4 is 10.3 Å². The molecule has 0 atom stereocenters. The van der Waals surface area contributed by atoms with E-state index in [0.29, 0.717) is 5.69 Å². The van der Waals surface area contributed by atoms with Crippen molar-refractivity contribution in [2.45, 2.75) is 18.2 Å². The number of nitrogens with zero attached hydrogens (tertiary/aromatic N) is 1. The number of nitrogens with one attached hydrogen (secondary N) is 2. The van der Waals surface area contributed by atoms with Crippen LogP contribution >= 0.6 is 11.3 Å². The topological polar surface area (TPSA) is 88.2 Å². The first kappa shape index (κ1) is 15.5. The summed E-state index contributed by atoms with van der Waals surface area (Å²) in [7, 11) is -4.15. The van der Waals surface area contributed by atoms with Crippen LogP contribution in [0.25, 0.3) is 0 Å². The molecule has 0 spiro atoms. The Kier molecular flexibility index (Phi) is 4.66. The van der Waals surface area contributed by atoms with Crippen LogP contribution in [0.3, 0.4) is 0 Å². The molecule has 1 heterocycles. The maximum Gasteiger partial charge on any atom is 0.260 e. The van der Waals surface area contributed by atoms with Crippen molar-refractivity contribution in [3.8, 4) is 0 Å². The highest BCUT2D eigenvalue weighted by Crippen LogP contribution is 2.12. The first-order valence-electron chi connectivity index (χ1n) is 5.84. The minimum atomic E-state index is -4.15. The van der Waals surface area contributed by atoms with Gasteiger partial charge in [-0.25, -0.2) is 17.8 Å². The number of rotatable bonds is 5. The Morgan fingerprint density at radius 3 is 2.71 bits per heavy atom. The molecular formula is C12H12FN3O3S2. The molecule has 1 aromatic heterocycles. The van der Waals surface area contributed by atoms with Gasteiger partial charge in [-0.15, -0.1) is 16.2 Å². The van der Waals surface area contributed by atoms with Gasteiger partial charge in [0, 0.05) is 5.38 Å². The van der Waals surface area contributed by atoms with Gasteiger partial charge in [0.15, 0.2) is 0 Å². The highest BCUT2D eigenvalue weighted by molar-refractivity contribution is 7.89. The van der Waals surface area contributed by atoms with Crippen LogP contribution in [0.2, 0.25) is 0 Å². The number of hydrogen-bond acceptors (Lipinski definition) is 5. The first-order chi connectivity index (χ1) is 9.88. The summed E-state index contributed by atoms with van der Waals surface area (Å²) >= 11 is 1.39. The van der Waals surface area contributed by atoms with E-state index in [0.717, 1.165) is 17.1 Å². The molecule has 0 saturated carbocycles. The molecular weight excluding hydrogens is 317 g/mol. The highest BCUT2D eigenvalue weighted by atomic mass is 32.2. The number of sulfonamides is 1. The molecule has 0 saturated heterocycles. The third-order valence-corrected chi connectivity index (χ3v) is 4.56. The largest absolute Gasteiger partial charge is 0.277 e. The molecule has 21 heavy (non-hydrogen) atoms. The SMILES string of the molecule is Cc1nc(CC(=O)NNS(=O)(=O)c2ccccc2F)cs1. The van der Waals surface area contributed by atoms with E-state index >= 15 is 0 Å². The predicted octanol–water partition coefficient (Wildman–Crippen LogP) is 1.14. The Hall–Kier alpha value is -1.84. The number of aryl methyl sites for hydroxylation is 1. The fourth-order valence-electron chi connectivity index (χ4n) is 1.54. The van der Waals surface area contributed by atoms with E-state index in [1.165, 1.54) is 23.5 Å². The van der Waals surface area contributed by atoms with E-state index in [1.807, 2.05) is 10.3 Å². The summed E-state index contributed by atoms with van der Waals surface area (Å²) in [5, 5.41) is 2.52. The molecule has 9 heteroatoms. The summed E-state index contributed by atoms with van der Waals surface area (Å²) in [6.45, 7) is 1.80. The second-order valence-electron chi connectivity index (χ2n) is 4.12. The van der Waals surface area contributed by atoms with Crippen molar-refractivity contribution in [2.75, 3.05) is 0 Å². The molecule has 1 amide bonds. The van der Waals surface area contributed by atoms with Crippen LogP contribution in [0, 0.1) is 12.7 Å². The van der Waals surface area contributed by atoms with Crippen LogP contribution in [0.1, 0.15) is 10.7 Å². The standard InChI is InChI=1S/C12H12FN3O3S2/c1-8-14-9(7-20-8)6-12(17)15-16-21(18,19)11-5-3-2-4-10(11)13/h2-5,7,16H,6H2,1H3,(H,15,17). The molecule has 2 N–H and O–H groups in total. The van der Waals surface area contributed by atoms with E-state index in [4.69, 9.17) is 0 Å². The fraction of sp³-hybridized carbons (Fsp3) is 0.167. The Bertz CT molecular complexity index is 759. The quantitative estimate of drug-likeness (QED) is 0.805. The van der Waals surface area contributed by atoms with Crippen LogP contribution in [0.15, 0.2) is 34.5 Å². The summed E-state index contributed by atoms with van der Waals surface area (Å²) in [5.41, 5.74) is 2.57. The molecule has 2 rings (SSSR count). The summed E-state index contributed by atoms with van der Waals surface area (Å²) < 4.78 is 37.1. The van der Waals surface area contributed by atoms with Gasteiger partial charge in [-0.3, -0.25) is 10.2 Å². The first-order valence-corrected chi connectivity index (χ1v) is 8.21. The molecule has 0 fully saturated rings. The summed E-state index contributed by atoms with van der Waals surface area (Å²) in [5.74, 6) is -1.48. The van der Waals surface area contributed by atoms with Gasteiger partial charge in [0.25, 0.3) is 10.0 Å². The summed E-state index contributed by atoms with van der Waals surface area (Å²) in [4.78, 5) is 17.0. The zero-order valence-electron chi connectivity index (χ0n) is 11.0. The van der Waals surface area contributed by atoms with Gasteiger partial charge < -0.3 is 0 Å². The molecule has 112 valence electrons. The lowest BCUT2D eigenvalue weighted by atomic mass is 10.3. The van der Waals surface area contributed by atoms with Crippen molar-refractivity contribution in [1.29, 1.82) is 0 Å². The Balaban J connectivity index is 1.99. The Labute approximate surface area is 125 Å². The molecule has 1 aromatic carbocycles. The summed E-state index contributed by atoms with van der Waals surface area (Å²) in [6, 6.07) is 4.89. The molecule has 0 aliphatic heterocycles. The maximum absolute atomic E-state index is 13.4. The number of halogens is 1. The highest BCUT2D eigenvalue weighted by Gasteiger charge is 2.19. The molecule has 0 aliphatic rings. The predicted molar refractivity (Wildman–Crippen MR) is 75.4 cm³/mol. The van der Waals surface area contributed by atoms with E-state index in [-0.39, 0.29) is 6.42 Å². The summed E-state index contributed by atoms with van der Waals surface area (Å²) in [6.07, 6.45) is -0.0653. The molecule has 6 nitrogen and oxygen atoms in total. The molecule has 0 bridgehead atoms. The van der Waals surface area contributed by atoms with Crippen LogP contribution in [0.5, 0.6) is 0 Å². The van der Waals surface area contributed by atoms with Crippen LogP contribution in [-0.2, 0) is 21.2 Å². The van der Waals surface area contributed by atoms with Gasteiger partial charge in [0.2, 0.25) is 5.91 Å².